The van der Waals surface area contributed by atoms with Crippen LogP contribution in [-0.4, -0.2) is 28.8 Å². The Morgan fingerprint density at radius 3 is 2.39 bits per heavy atom. The average molecular weight is 459 g/mol. The molecule has 1 fully saturated rings. The SMILES string of the molecule is Cc1cccc(N=C2SC(=Cc3ccc(OCC(=O)O)cc3)C(=O)N2c2cccc(C)c2)c1. The molecule has 1 amide bonds. The van der Waals surface area contributed by atoms with Crippen LogP contribution in [0.5, 0.6) is 5.75 Å². The van der Waals surface area contributed by atoms with Crippen molar-refractivity contribution in [1.29, 1.82) is 0 Å². The van der Waals surface area contributed by atoms with Gasteiger partial charge in [0.15, 0.2) is 11.8 Å². The second kappa shape index (κ2) is 9.75. The minimum atomic E-state index is -1.04. The minimum Gasteiger partial charge on any atom is -0.482 e. The normalized spacial score (nSPS) is 15.9. The van der Waals surface area contributed by atoms with Crippen LogP contribution in [0.2, 0.25) is 0 Å². The molecule has 4 rings (SSSR count). The van der Waals surface area contributed by atoms with E-state index in [4.69, 9.17) is 14.8 Å². The van der Waals surface area contributed by atoms with Crippen LogP contribution in [0.1, 0.15) is 16.7 Å². The highest BCUT2D eigenvalue weighted by Crippen LogP contribution is 2.37. The first-order valence-electron chi connectivity index (χ1n) is 10.3. The lowest BCUT2D eigenvalue weighted by Gasteiger charge is -2.16. The standard InChI is InChI=1S/C26H22N2O4S/c1-17-5-3-7-20(13-17)27-26-28(21-8-4-6-18(2)14-21)25(31)23(33-26)15-19-9-11-22(12-10-19)32-16-24(29)30/h3-15H,16H2,1-2H3,(H,29,30). The number of thioether (sulfide) groups is 1. The van der Waals surface area contributed by atoms with Gasteiger partial charge < -0.3 is 9.84 Å². The van der Waals surface area contributed by atoms with Gasteiger partial charge in [0.1, 0.15) is 5.75 Å². The summed E-state index contributed by atoms with van der Waals surface area (Å²) in [7, 11) is 0. The zero-order valence-corrected chi connectivity index (χ0v) is 19.0. The number of anilines is 1. The van der Waals surface area contributed by atoms with E-state index in [1.54, 1.807) is 35.2 Å². The minimum absolute atomic E-state index is 0.150. The summed E-state index contributed by atoms with van der Waals surface area (Å²) in [6, 6.07) is 22.5. The molecular weight excluding hydrogens is 436 g/mol. The van der Waals surface area contributed by atoms with Crippen LogP contribution in [0, 0.1) is 13.8 Å². The molecule has 33 heavy (non-hydrogen) atoms. The van der Waals surface area contributed by atoms with Crippen LogP contribution in [0.4, 0.5) is 11.4 Å². The second-order valence-electron chi connectivity index (χ2n) is 7.58. The first-order chi connectivity index (χ1) is 15.9. The number of aliphatic carboxylic acids is 1. The van der Waals surface area contributed by atoms with Crippen molar-refractivity contribution in [1.82, 2.24) is 0 Å². The highest BCUT2D eigenvalue weighted by atomic mass is 32.2. The Kier molecular flexibility index (Phi) is 6.60. The topological polar surface area (TPSA) is 79.2 Å². The average Bonchev–Trinajstić information content (AvgIpc) is 3.07. The number of aryl methyl sites for hydroxylation is 2. The van der Waals surface area contributed by atoms with Crippen molar-refractivity contribution in [2.75, 3.05) is 11.5 Å². The maximum Gasteiger partial charge on any atom is 0.341 e. The van der Waals surface area contributed by atoms with Crippen molar-refractivity contribution in [2.24, 2.45) is 4.99 Å². The van der Waals surface area contributed by atoms with E-state index < -0.39 is 12.6 Å². The van der Waals surface area contributed by atoms with E-state index in [0.717, 1.165) is 28.1 Å². The molecule has 166 valence electrons. The van der Waals surface area contributed by atoms with E-state index in [1.165, 1.54) is 11.8 Å². The number of hydrogen-bond acceptors (Lipinski definition) is 5. The van der Waals surface area contributed by atoms with E-state index in [-0.39, 0.29) is 5.91 Å². The summed E-state index contributed by atoms with van der Waals surface area (Å²) in [6.45, 7) is 3.59. The Morgan fingerprint density at radius 1 is 1.03 bits per heavy atom. The number of amides is 1. The quantitative estimate of drug-likeness (QED) is 0.488. The van der Waals surface area contributed by atoms with Gasteiger partial charge in [0.2, 0.25) is 0 Å². The fourth-order valence-corrected chi connectivity index (χ4v) is 4.31. The van der Waals surface area contributed by atoms with Crippen molar-refractivity contribution in [2.45, 2.75) is 13.8 Å². The maximum atomic E-state index is 13.4. The summed E-state index contributed by atoms with van der Waals surface area (Å²) >= 11 is 1.32. The van der Waals surface area contributed by atoms with Gasteiger partial charge in [-0.15, -0.1) is 0 Å². The summed E-state index contributed by atoms with van der Waals surface area (Å²) in [5.74, 6) is -0.734. The summed E-state index contributed by atoms with van der Waals surface area (Å²) in [4.78, 5) is 31.0. The molecule has 3 aromatic carbocycles. The van der Waals surface area contributed by atoms with E-state index in [0.29, 0.717) is 15.8 Å². The number of carbonyl (C=O) groups is 2. The summed E-state index contributed by atoms with van der Waals surface area (Å²) in [6.07, 6.45) is 1.80. The van der Waals surface area contributed by atoms with Crippen molar-refractivity contribution >= 4 is 46.3 Å². The molecule has 1 heterocycles. The molecule has 1 aliphatic heterocycles. The number of hydrogen-bond donors (Lipinski definition) is 1. The fourth-order valence-electron chi connectivity index (χ4n) is 3.31. The van der Waals surface area contributed by atoms with Gasteiger partial charge in [-0.05, 0) is 84.8 Å². The van der Waals surface area contributed by atoms with Crippen molar-refractivity contribution < 1.29 is 19.4 Å². The van der Waals surface area contributed by atoms with Gasteiger partial charge in [-0.3, -0.25) is 9.69 Å². The van der Waals surface area contributed by atoms with Crippen molar-refractivity contribution in [3.63, 3.8) is 0 Å². The smallest absolute Gasteiger partial charge is 0.341 e. The zero-order valence-electron chi connectivity index (χ0n) is 18.2. The number of nitrogens with zero attached hydrogens (tertiary/aromatic N) is 2. The van der Waals surface area contributed by atoms with Gasteiger partial charge in [0.05, 0.1) is 16.3 Å². The maximum absolute atomic E-state index is 13.4. The van der Waals surface area contributed by atoms with Crippen molar-refractivity contribution in [3.05, 3.63) is 94.4 Å². The van der Waals surface area contributed by atoms with Gasteiger partial charge >= 0.3 is 5.97 Å². The van der Waals surface area contributed by atoms with E-state index in [1.807, 2.05) is 62.4 Å². The highest BCUT2D eigenvalue weighted by molar-refractivity contribution is 8.19. The van der Waals surface area contributed by atoms with Gasteiger partial charge in [-0.2, -0.15) is 0 Å². The molecule has 0 unspecified atom stereocenters. The number of aliphatic imine (C=N–C) groups is 1. The van der Waals surface area contributed by atoms with E-state index >= 15 is 0 Å². The number of carbonyl (C=O) groups excluding carboxylic acids is 1. The first-order valence-corrected chi connectivity index (χ1v) is 11.1. The van der Waals surface area contributed by atoms with Gasteiger partial charge in [-0.25, -0.2) is 9.79 Å². The molecule has 6 nitrogen and oxygen atoms in total. The molecule has 0 radical (unpaired) electrons. The second-order valence-corrected chi connectivity index (χ2v) is 8.58. The molecule has 3 aromatic rings. The molecule has 1 aliphatic rings. The lowest BCUT2D eigenvalue weighted by Crippen LogP contribution is -2.28. The Hall–Kier alpha value is -3.84. The Labute approximate surface area is 196 Å². The lowest BCUT2D eigenvalue weighted by atomic mass is 10.2. The van der Waals surface area contributed by atoms with Gasteiger partial charge in [0.25, 0.3) is 5.91 Å². The summed E-state index contributed by atoms with van der Waals surface area (Å²) in [5, 5.41) is 9.33. The summed E-state index contributed by atoms with van der Waals surface area (Å²) in [5.41, 5.74) is 4.49. The van der Waals surface area contributed by atoms with Crippen LogP contribution < -0.4 is 9.64 Å². The third-order valence-electron chi connectivity index (χ3n) is 4.83. The third kappa shape index (κ3) is 5.51. The Bertz CT molecular complexity index is 1270. The highest BCUT2D eigenvalue weighted by Gasteiger charge is 2.34. The zero-order chi connectivity index (χ0) is 23.4. The molecule has 0 saturated carbocycles. The molecule has 0 bridgehead atoms. The molecule has 0 spiro atoms. The number of carboxylic acid groups (broad SMARTS) is 1. The Balaban J connectivity index is 1.67. The van der Waals surface area contributed by atoms with E-state index in [2.05, 4.69) is 0 Å². The number of rotatable bonds is 6. The number of ether oxygens (including phenoxy) is 1. The predicted molar refractivity (Wildman–Crippen MR) is 132 cm³/mol. The summed E-state index contributed by atoms with van der Waals surface area (Å²) < 4.78 is 5.17. The fraction of sp³-hybridized carbons (Fsp3) is 0.115. The number of amidine groups is 1. The molecule has 0 aliphatic carbocycles. The molecular formula is C26H22N2O4S. The van der Waals surface area contributed by atoms with Gasteiger partial charge in [-0.1, -0.05) is 36.4 Å². The molecule has 0 atom stereocenters. The molecule has 0 aromatic heterocycles. The van der Waals surface area contributed by atoms with Gasteiger partial charge in [0, 0.05) is 0 Å². The first kappa shape index (κ1) is 22.4. The third-order valence-corrected chi connectivity index (χ3v) is 5.80. The molecule has 1 saturated heterocycles. The van der Waals surface area contributed by atoms with Crippen LogP contribution in [-0.2, 0) is 9.59 Å². The number of carboxylic acids is 1. The molecule has 1 N–H and O–H groups in total. The predicted octanol–water partition coefficient (Wildman–Crippen LogP) is 5.58. The number of benzene rings is 3. The van der Waals surface area contributed by atoms with Crippen LogP contribution in [0.25, 0.3) is 6.08 Å². The van der Waals surface area contributed by atoms with Crippen LogP contribution in [0.3, 0.4) is 0 Å². The lowest BCUT2D eigenvalue weighted by molar-refractivity contribution is -0.139. The largest absolute Gasteiger partial charge is 0.482 e. The molecule has 7 heteroatoms. The van der Waals surface area contributed by atoms with Crippen LogP contribution in [0.15, 0.2) is 82.7 Å². The van der Waals surface area contributed by atoms with E-state index in [9.17, 15) is 9.59 Å². The monoisotopic (exact) mass is 458 g/mol. The Morgan fingerprint density at radius 2 is 1.73 bits per heavy atom. The van der Waals surface area contributed by atoms with Crippen LogP contribution >= 0.6 is 11.8 Å². The van der Waals surface area contributed by atoms with Crippen molar-refractivity contribution in [3.8, 4) is 5.75 Å².